The lowest BCUT2D eigenvalue weighted by Gasteiger charge is -2.12. The normalized spacial score (nSPS) is 10.3. The highest BCUT2D eigenvalue weighted by atomic mass is 16.5. The molecule has 0 saturated heterocycles. The van der Waals surface area contributed by atoms with Gasteiger partial charge in [-0.3, -0.25) is 0 Å². The van der Waals surface area contributed by atoms with E-state index >= 15 is 0 Å². The second-order valence-corrected chi connectivity index (χ2v) is 5.02. The molecule has 0 aliphatic carbocycles. The van der Waals surface area contributed by atoms with Gasteiger partial charge in [0.25, 0.3) is 0 Å². The molecule has 0 radical (unpaired) electrons. The minimum atomic E-state index is 0.646. The molecule has 1 heterocycles. The van der Waals surface area contributed by atoms with Crippen LogP contribution in [0.25, 0.3) is 0 Å². The molecule has 104 valence electrons. The van der Waals surface area contributed by atoms with Crippen molar-refractivity contribution in [2.24, 2.45) is 0 Å². The predicted molar refractivity (Wildman–Crippen MR) is 77.9 cm³/mol. The number of hydrogen-bond donors (Lipinski definition) is 0. The number of rotatable bonds is 5. The van der Waals surface area contributed by atoms with Crippen molar-refractivity contribution in [3.05, 3.63) is 52.5 Å². The summed E-state index contributed by atoms with van der Waals surface area (Å²) in [6.45, 7) is 6.54. The molecule has 0 bridgehead atoms. The Hall–Kier alpha value is -2.21. The van der Waals surface area contributed by atoms with E-state index in [4.69, 9.17) is 14.4 Å². The Balaban J connectivity index is 1.90. The highest BCUT2D eigenvalue weighted by Crippen LogP contribution is 2.24. The van der Waals surface area contributed by atoms with Crippen LogP contribution in [0.15, 0.2) is 28.7 Å². The topological polar surface area (TPSA) is 46.2 Å². The van der Waals surface area contributed by atoms with Crippen molar-refractivity contribution in [2.45, 2.75) is 33.6 Å². The largest absolute Gasteiger partial charge is 0.493 e. The summed E-state index contributed by atoms with van der Waals surface area (Å²) in [7, 11) is 0. The number of nitriles is 1. The van der Waals surface area contributed by atoms with Gasteiger partial charge in [-0.05, 0) is 62.6 Å². The third kappa shape index (κ3) is 3.42. The Morgan fingerprint density at radius 1 is 1.15 bits per heavy atom. The van der Waals surface area contributed by atoms with Crippen molar-refractivity contribution in [1.82, 2.24) is 0 Å². The van der Waals surface area contributed by atoms with Gasteiger partial charge in [-0.2, -0.15) is 5.26 Å². The van der Waals surface area contributed by atoms with E-state index in [9.17, 15) is 0 Å². The van der Waals surface area contributed by atoms with Gasteiger partial charge in [0.15, 0.2) is 0 Å². The van der Waals surface area contributed by atoms with E-state index < -0.39 is 0 Å². The summed E-state index contributed by atoms with van der Waals surface area (Å²) < 4.78 is 11.4. The average molecular weight is 269 g/mol. The molecule has 0 unspecified atom stereocenters. The summed E-state index contributed by atoms with van der Waals surface area (Å²) >= 11 is 0. The first-order valence-electron chi connectivity index (χ1n) is 6.79. The van der Waals surface area contributed by atoms with Crippen molar-refractivity contribution >= 4 is 0 Å². The Morgan fingerprint density at radius 3 is 2.40 bits per heavy atom. The van der Waals surface area contributed by atoms with E-state index in [1.54, 1.807) is 0 Å². The van der Waals surface area contributed by atoms with E-state index in [-0.39, 0.29) is 0 Å². The molecule has 20 heavy (non-hydrogen) atoms. The molecule has 0 fully saturated rings. The van der Waals surface area contributed by atoms with Crippen LogP contribution in [0.4, 0.5) is 0 Å². The van der Waals surface area contributed by atoms with Gasteiger partial charge in [0.1, 0.15) is 17.3 Å². The minimum absolute atomic E-state index is 0.646. The quantitative estimate of drug-likeness (QED) is 0.768. The molecule has 2 aromatic rings. The summed E-state index contributed by atoms with van der Waals surface area (Å²) in [6.07, 6.45) is 1.79. The first-order valence-corrected chi connectivity index (χ1v) is 6.79. The van der Waals surface area contributed by atoms with E-state index in [2.05, 4.69) is 6.07 Å². The standard InChI is InChI=1S/C17H19NO2/c1-12-9-15(11-18)10-13(2)17(12)19-8-4-5-16-7-6-14(3)20-16/h6-7,9-10H,4-5,8H2,1-3H3. The monoisotopic (exact) mass is 269 g/mol. The zero-order valence-electron chi connectivity index (χ0n) is 12.2. The van der Waals surface area contributed by atoms with Crippen LogP contribution < -0.4 is 4.74 Å². The lowest BCUT2D eigenvalue weighted by molar-refractivity contribution is 0.302. The molecule has 1 aromatic carbocycles. The van der Waals surface area contributed by atoms with E-state index in [0.717, 1.165) is 41.2 Å². The van der Waals surface area contributed by atoms with E-state index in [1.165, 1.54) is 0 Å². The molecule has 0 aliphatic heterocycles. The van der Waals surface area contributed by atoms with Crippen molar-refractivity contribution in [2.75, 3.05) is 6.61 Å². The van der Waals surface area contributed by atoms with Crippen molar-refractivity contribution in [1.29, 1.82) is 5.26 Å². The van der Waals surface area contributed by atoms with Crippen LogP contribution in [0.3, 0.4) is 0 Å². The third-order valence-electron chi connectivity index (χ3n) is 3.20. The number of hydrogen-bond acceptors (Lipinski definition) is 3. The summed E-state index contributed by atoms with van der Waals surface area (Å²) in [4.78, 5) is 0. The molecule has 2 rings (SSSR count). The van der Waals surface area contributed by atoms with Crippen LogP contribution in [-0.2, 0) is 6.42 Å². The van der Waals surface area contributed by atoms with Crippen LogP contribution in [-0.4, -0.2) is 6.61 Å². The lowest BCUT2D eigenvalue weighted by Crippen LogP contribution is -2.02. The lowest BCUT2D eigenvalue weighted by atomic mass is 10.1. The average Bonchev–Trinajstić information content (AvgIpc) is 2.82. The smallest absolute Gasteiger partial charge is 0.125 e. The number of furan rings is 1. The molecular weight excluding hydrogens is 250 g/mol. The van der Waals surface area contributed by atoms with Crippen LogP contribution in [0, 0.1) is 32.1 Å². The van der Waals surface area contributed by atoms with Gasteiger partial charge in [-0.1, -0.05) is 0 Å². The zero-order valence-corrected chi connectivity index (χ0v) is 12.2. The van der Waals surface area contributed by atoms with Crippen LogP contribution in [0.2, 0.25) is 0 Å². The number of benzene rings is 1. The van der Waals surface area contributed by atoms with Crippen LogP contribution >= 0.6 is 0 Å². The fourth-order valence-corrected chi connectivity index (χ4v) is 2.28. The Labute approximate surface area is 119 Å². The molecule has 0 spiro atoms. The molecule has 0 aliphatic rings. The summed E-state index contributed by atoms with van der Waals surface area (Å²) in [6, 6.07) is 9.86. The van der Waals surface area contributed by atoms with E-state index in [0.29, 0.717) is 12.2 Å². The summed E-state index contributed by atoms with van der Waals surface area (Å²) in [5, 5.41) is 8.92. The molecule has 1 aromatic heterocycles. The minimum Gasteiger partial charge on any atom is -0.493 e. The van der Waals surface area contributed by atoms with Gasteiger partial charge < -0.3 is 9.15 Å². The highest BCUT2D eigenvalue weighted by Gasteiger charge is 2.06. The van der Waals surface area contributed by atoms with Crippen LogP contribution in [0.1, 0.15) is 34.6 Å². The molecule has 0 saturated carbocycles. The Morgan fingerprint density at radius 2 is 1.85 bits per heavy atom. The number of ether oxygens (including phenoxy) is 1. The molecular formula is C17H19NO2. The van der Waals surface area contributed by atoms with Gasteiger partial charge in [0.05, 0.1) is 18.2 Å². The fraction of sp³-hybridized carbons (Fsp3) is 0.353. The van der Waals surface area contributed by atoms with E-state index in [1.807, 2.05) is 45.0 Å². The molecule has 0 N–H and O–H groups in total. The SMILES string of the molecule is Cc1ccc(CCCOc2c(C)cc(C#N)cc2C)o1. The van der Waals surface area contributed by atoms with Gasteiger partial charge >= 0.3 is 0 Å². The molecule has 3 nitrogen and oxygen atoms in total. The van der Waals surface area contributed by atoms with Crippen molar-refractivity contribution < 1.29 is 9.15 Å². The molecule has 3 heteroatoms. The maximum Gasteiger partial charge on any atom is 0.125 e. The van der Waals surface area contributed by atoms with Gasteiger partial charge in [-0.25, -0.2) is 0 Å². The van der Waals surface area contributed by atoms with Crippen LogP contribution in [0.5, 0.6) is 5.75 Å². The first kappa shape index (κ1) is 14.2. The Kier molecular flexibility index (Phi) is 4.47. The predicted octanol–water partition coefficient (Wildman–Crippen LogP) is 4.09. The van der Waals surface area contributed by atoms with Gasteiger partial charge in [-0.15, -0.1) is 0 Å². The van der Waals surface area contributed by atoms with Crippen molar-refractivity contribution in [3.63, 3.8) is 0 Å². The summed E-state index contributed by atoms with van der Waals surface area (Å²) in [5.74, 6) is 2.83. The second-order valence-electron chi connectivity index (χ2n) is 5.02. The molecule has 0 amide bonds. The van der Waals surface area contributed by atoms with Crippen molar-refractivity contribution in [3.8, 4) is 11.8 Å². The number of nitrogens with zero attached hydrogens (tertiary/aromatic N) is 1. The maximum absolute atomic E-state index is 8.92. The van der Waals surface area contributed by atoms with Gasteiger partial charge in [0.2, 0.25) is 0 Å². The maximum atomic E-state index is 8.92. The second kappa shape index (κ2) is 6.29. The molecule has 0 atom stereocenters. The third-order valence-corrected chi connectivity index (χ3v) is 3.20. The highest BCUT2D eigenvalue weighted by molar-refractivity contribution is 5.47. The fourth-order valence-electron chi connectivity index (χ4n) is 2.28. The summed E-state index contributed by atoms with van der Waals surface area (Å²) in [5.41, 5.74) is 2.70. The number of aryl methyl sites for hydroxylation is 4. The first-order chi connectivity index (χ1) is 9.60. The van der Waals surface area contributed by atoms with Gasteiger partial charge in [0, 0.05) is 6.42 Å². The Bertz CT molecular complexity index is 612. The zero-order chi connectivity index (χ0) is 14.5.